The summed E-state index contributed by atoms with van der Waals surface area (Å²) in [5.74, 6) is 0.245. The fourth-order valence-corrected chi connectivity index (χ4v) is 5.87. The molecule has 220 valence electrons. The van der Waals surface area contributed by atoms with Crippen LogP contribution in [0.1, 0.15) is 5.56 Å². The number of anilines is 1. The van der Waals surface area contributed by atoms with Gasteiger partial charge in [-0.1, -0.05) is 47.7 Å². The summed E-state index contributed by atoms with van der Waals surface area (Å²) in [6, 6.07) is 19.3. The van der Waals surface area contributed by atoms with E-state index >= 15 is 0 Å². The Kier molecular flexibility index (Phi) is 8.04. The van der Waals surface area contributed by atoms with Gasteiger partial charge in [-0.25, -0.2) is 4.98 Å². The highest BCUT2D eigenvalue weighted by atomic mass is 32.2. The summed E-state index contributed by atoms with van der Waals surface area (Å²) in [6.45, 7) is 1.68. The third-order valence-electron chi connectivity index (χ3n) is 6.17. The lowest BCUT2D eigenvalue weighted by atomic mass is 10.1. The molecule has 0 spiro atoms. The molecule has 0 fully saturated rings. The molecule has 0 aliphatic rings. The van der Waals surface area contributed by atoms with Crippen LogP contribution < -0.4 is 10.5 Å². The summed E-state index contributed by atoms with van der Waals surface area (Å²) in [5.41, 5.74) is 7.96. The van der Waals surface area contributed by atoms with Crippen LogP contribution in [0.2, 0.25) is 0 Å². The SMILES string of the molecule is COc1cc(N=Nc2cc(S(=O)(=O)O)ccc2S(=O)(=O)O)c(C)cc1N=Nc1sc(N)nc1-c1ccc2ccccc2c1. The zero-order chi connectivity index (χ0) is 30.9. The number of methoxy groups -OCH3 is 1. The second kappa shape index (κ2) is 11.6. The van der Waals surface area contributed by atoms with E-state index in [0.717, 1.165) is 34.5 Å². The van der Waals surface area contributed by atoms with E-state index in [4.69, 9.17) is 10.5 Å². The Morgan fingerprint density at radius 1 is 0.791 bits per heavy atom. The first kappa shape index (κ1) is 29.9. The molecule has 0 aliphatic carbocycles. The van der Waals surface area contributed by atoms with Gasteiger partial charge in [-0.15, -0.1) is 15.3 Å². The Balaban J connectivity index is 1.49. The summed E-state index contributed by atoms with van der Waals surface area (Å²) in [4.78, 5) is 3.11. The van der Waals surface area contributed by atoms with Gasteiger partial charge in [-0.2, -0.15) is 21.9 Å². The van der Waals surface area contributed by atoms with Crippen molar-refractivity contribution in [2.24, 2.45) is 20.5 Å². The Labute approximate surface area is 249 Å². The largest absolute Gasteiger partial charge is 0.494 e. The molecule has 0 aliphatic heterocycles. The standard InChI is InChI=1S/C27H22N6O7S3/c1-15-11-21(31-33-26-25(29-27(28)41-26)18-8-7-16-5-3-4-6-17(16)12-18)23(40-2)14-20(15)30-32-22-13-19(42(34,35)36)9-10-24(22)43(37,38)39/h3-14H,1-2H3,(H2,28,29)(H,34,35,36)(H,37,38,39). The van der Waals surface area contributed by atoms with Crippen LogP contribution >= 0.6 is 11.3 Å². The summed E-state index contributed by atoms with van der Waals surface area (Å²) in [6.07, 6.45) is 0. The minimum atomic E-state index is -4.79. The Morgan fingerprint density at radius 2 is 1.49 bits per heavy atom. The minimum absolute atomic E-state index is 0.216. The smallest absolute Gasteiger partial charge is 0.296 e. The number of nitrogens with zero attached hydrogens (tertiary/aromatic N) is 5. The normalized spacial score (nSPS) is 12.5. The maximum absolute atomic E-state index is 11.8. The van der Waals surface area contributed by atoms with E-state index in [1.54, 1.807) is 13.0 Å². The van der Waals surface area contributed by atoms with Gasteiger partial charge in [0.2, 0.25) is 0 Å². The quantitative estimate of drug-likeness (QED) is 0.116. The number of hydrogen-bond donors (Lipinski definition) is 3. The maximum atomic E-state index is 11.8. The third kappa shape index (κ3) is 6.58. The lowest BCUT2D eigenvalue weighted by Crippen LogP contribution is -2.02. The summed E-state index contributed by atoms with van der Waals surface area (Å²) in [7, 11) is -8.07. The van der Waals surface area contributed by atoms with Gasteiger partial charge in [0.15, 0.2) is 10.1 Å². The van der Waals surface area contributed by atoms with Crippen molar-refractivity contribution in [3.05, 3.63) is 78.4 Å². The van der Waals surface area contributed by atoms with Crippen molar-refractivity contribution in [2.75, 3.05) is 12.8 Å². The summed E-state index contributed by atoms with van der Waals surface area (Å²) < 4.78 is 71.0. The van der Waals surface area contributed by atoms with Crippen molar-refractivity contribution >= 4 is 69.5 Å². The van der Waals surface area contributed by atoms with Gasteiger partial charge < -0.3 is 10.5 Å². The van der Waals surface area contributed by atoms with Gasteiger partial charge >= 0.3 is 0 Å². The highest BCUT2D eigenvalue weighted by Crippen LogP contribution is 2.41. The van der Waals surface area contributed by atoms with Crippen molar-refractivity contribution in [1.82, 2.24) is 4.98 Å². The van der Waals surface area contributed by atoms with Crippen molar-refractivity contribution in [3.63, 3.8) is 0 Å². The van der Waals surface area contributed by atoms with Gasteiger partial charge in [-0.05, 0) is 53.6 Å². The molecule has 0 amide bonds. The van der Waals surface area contributed by atoms with Crippen molar-refractivity contribution in [1.29, 1.82) is 0 Å². The molecule has 4 N–H and O–H groups in total. The van der Waals surface area contributed by atoms with E-state index in [1.807, 2.05) is 42.5 Å². The predicted molar refractivity (Wildman–Crippen MR) is 162 cm³/mol. The van der Waals surface area contributed by atoms with Crippen LogP contribution in [0.15, 0.2) is 103 Å². The third-order valence-corrected chi connectivity index (χ3v) is 8.69. The highest BCUT2D eigenvalue weighted by molar-refractivity contribution is 7.86. The molecule has 0 radical (unpaired) electrons. The zero-order valence-electron chi connectivity index (χ0n) is 22.4. The van der Waals surface area contributed by atoms with Gasteiger partial charge in [0.05, 0.1) is 17.7 Å². The van der Waals surface area contributed by atoms with Crippen molar-refractivity contribution in [3.8, 4) is 17.0 Å². The van der Waals surface area contributed by atoms with Gasteiger partial charge in [0.1, 0.15) is 27.7 Å². The van der Waals surface area contributed by atoms with E-state index in [2.05, 4.69) is 25.4 Å². The Hall–Kier alpha value is -4.61. The average Bonchev–Trinajstić information content (AvgIpc) is 3.34. The number of azo groups is 2. The molecule has 1 aromatic heterocycles. The van der Waals surface area contributed by atoms with E-state index in [-0.39, 0.29) is 11.4 Å². The molecular weight excluding hydrogens is 617 g/mol. The fraction of sp³-hybridized carbons (Fsp3) is 0.0741. The number of hydrogen-bond acceptors (Lipinski definition) is 12. The lowest BCUT2D eigenvalue weighted by Gasteiger charge is -2.08. The van der Waals surface area contributed by atoms with Gasteiger partial charge in [0.25, 0.3) is 20.2 Å². The molecule has 0 saturated carbocycles. The van der Waals surface area contributed by atoms with Crippen LogP contribution in [-0.2, 0) is 20.2 Å². The number of fused-ring (bicyclic) bond motifs is 1. The first-order valence-electron chi connectivity index (χ1n) is 12.2. The van der Waals surface area contributed by atoms with E-state index in [1.165, 1.54) is 24.5 Å². The maximum Gasteiger partial charge on any atom is 0.296 e. The molecule has 4 aromatic carbocycles. The molecule has 0 unspecified atom stereocenters. The molecule has 0 atom stereocenters. The van der Waals surface area contributed by atoms with E-state index in [9.17, 15) is 25.9 Å². The minimum Gasteiger partial charge on any atom is -0.494 e. The monoisotopic (exact) mass is 638 g/mol. The number of nitrogen functional groups attached to an aromatic ring is 1. The first-order valence-corrected chi connectivity index (χ1v) is 15.9. The van der Waals surface area contributed by atoms with Crippen molar-refractivity contribution in [2.45, 2.75) is 16.7 Å². The Bertz CT molecular complexity index is 2160. The summed E-state index contributed by atoms with van der Waals surface area (Å²) in [5, 5.41) is 19.5. The molecular formula is C27H22N6O7S3. The van der Waals surface area contributed by atoms with Crippen LogP contribution in [0.4, 0.5) is 27.2 Å². The number of aromatic nitrogens is 1. The fourth-order valence-electron chi connectivity index (χ4n) is 4.09. The van der Waals surface area contributed by atoms with Crippen LogP contribution in [0.5, 0.6) is 5.75 Å². The van der Waals surface area contributed by atoms with Crippen LogP contribution in [0.3, 0.4) is 0 Å². The number of nitrogens with two attached hydrogens (primary N) is 1. The zero-order valence-corrected chi connectivity index (χ0v) is 24.9. The number of rotatable bonds is 8. The Morgan fingerprint density at radius 3 is 2.19 bits per heavy atom. The van der Waals surface area contributed by atoms with E-state index in [0.29, 0.717) is 27.1 Å². The molecule has 16 heteroatoms. The average molecular weight is 639 g/mol. The van der Waals surface area contributed by atoms with E-state index < -0.39 is 35.7 Å². The van der Waals surface area contributed by atoms with Crippen molar-refractivity contribution < 1.29 is 30.7 Å². The molecule has 1 heterocycles. The highest BCUT2D eigenvalue weighted by Gasteiger charge is 2.20. The second-order valence-electron chi connectivity index (χ2n) is 9.06. The second-order valence-corrected chi connectivity index (χ2v) is 12.9. The first-order chi connectivity index (χ1) is 20.3. The number of aryl methyl sites for hydroxylation is 1. The molecule has 5 aromatic rings. The molecule has 5 rings (SSSR count). The summed E-state index contributed by atoms with van der Waals surface area (Å²) >= 11 is 1.17. The predicted octanol–water partition coefficient (Wildman–Crippen LogP) is 7.19. The lowest BCUT2D eigenvalue weighted by molar-refractivity contribution is 0.416. The molecule has 0 saturated heterocycles. The topological polar surface area (TPSA) is 206 Å². The molecule has 0 bridgehead atoms. The number of ether oxygens (including phenoxy) is 1. The van der Waals surface area contributed by atoms with Gasteiger partial charge in [0, 0.05) is 11.6 Å². The number of thiazole rings is 1. The van der Waals surface area contributed by atoms with Gasteiger partial charge in [-0.3, -0.25) is 9.11 Å². The van der Waals surface area contributed by atoms with Crippen LogP contribution in [-0.4, -0.2) is 38.0 Å². The van der Waals surface area contributed by atoms with Crippen LogP contribution in [0.25, 0.3) is 22.0 Å². The number of benzene rings is 4. The van der Waals surface area contributed by atoms with Crippen LogP contribution in [0, 0.1) is 6.92 Å². The molecule has 43 heavy (non-hydrogen) atoms. The molecule has 13 nitrogen and oxygen atoms in total.